The average Bonchev–Trinajstić information content (AvgIpc) is 2.93. The van der Waals surface area contributed by atoms with Crippen molar-refractivity contribution in [1.29, 1.82) is 0 Å². The Morgan fingerprint density at radius 2 is 2.00 bits per heavy atom. The molecule has 0 saturated heterocycles. The van der Waals surface area contributed by atoms with Crippen molar-refractivity contribution in [3.8, 4) is 0 Å². The van der Waals surface area contributed by atoms with Crippen LogP contribution in [0.25, 0.3) is 0 Å². The standard InChI is InChI=1S/C15H22N6S.HI/c1-11-8-17-14(22-11)10-19-15(16-2)18-9-12-6-5-7-13(20-12)21(3)4;/h5-8H,9-10H2,1-4H3,(H2,16,18,19);1H. The molecule has 8 heteroatoms. The minimum Gasteiger partial charge on any atom is -0.363 e. The third-order valence-corrected chi connectivity index (χ3v) is 3.90. The molecule has 23 heavy (non-hydrogen) atoms. The van der Waals surface area contributed by atoms with Crippen molar-refractivity contribution in [2.45, 2.75) is 20.0 Å². The summed E-state index contributed by atoms with van der Waals surface area (Å²) in [5.41, 5.74) is 0.972. The van der Waals surface area contributed by atoms with Crippen LogP contribution in [0.5, 0.6) is 0 Å². The summed E-state index contributed by atoms with van der Waals surface area (Å²) in [7, 11) is 5.72. The molecule has 6 nitrogen and oxygen atoms in total. The second kappa shape index (κ2) is 9.66. The first-order chi connectivity index (χ1) is 10.6. The van der Waals surface area contributed by atoms with Crippen LogP contribution in [-0.2, 0) is 13.1 Å². The highest BCUT2D eigenvalue weighted by molar-refractivity contribution is 14.0. The van der Waals surface area contributed by atoms with Gasteiger partial charge in [-0.2, -0.15) is 0 Å². The summed E-state index contributed by atoms with van der Waals surface area (Å²) in [5, 5.41) is 7.57. The van der Waals surface area contributed by atoms with E-state index in [1.165, 1.54) is 4.88 Å². The normalized spacial score (nSPS) is 10.9. The van der Waals surface area contributed by atoms with Crippen molar-refractivity contribution in [3.05, 3.63) is 40.0 Å². The molecule has 0 spiro atoms. The lowest BCUT2D eigenvalue weighted by atomic mass is 10.3. The second-order valence-corrected chi connectivity index (χ2v) is 6.34. The maximum absolute atomic E-state index is 4.57. The van der Waals surface area contributed by atoms with Crippen molar-refractivity contribution < 1.29 is 0 Å². The topological polar surface area (TPSA) is 65.4 Å². The molecular formula is C15H23IN6S. The van der Waals surface area contributed by atoms with Gasteiger partial charge in [-0.1, -0.05) is 6.07 Å². The van der Waals surface area contributed by atoms with E-state index in [0.29, 0.717) is 13.1 Å². The van der Waals surface area contributed by atoms with E-state index in [9.17, 15) is 0 Å². The Morgan fingerprint density at radius 3 is 2.61 bits per heavy atom. The lowest BCUT2D eigenvalue weighted by molar-refractivity contribution is 0.790. The van der Waals surface area contributed by atoms with Crippen LogP contribution in [-0.4, -0.2) is 37.1 Å². The number of aliphatic imine (C=N–C) groups is 1. The fraction of sp³-hybridized carbons (Fsp3) is 0.400. The van der Waals surface area contributed by atoms with Gasteiger partial charge >= 0.3 is 0 Å². The Morgan fingerprint density at radius 1 is 1.26 bits per heavy atom. The smallest absolute Gasteiger partial charge is 0.191 e. The van der Waals surface area contributed by atoms with Crippen molar-refractivity contribution in [3.63, 3.8) is 0 Å². The maximum Gasteiger partial charge on any atom is 0.191 e. The summed E-state index contributed by atoms with van der Waals surface area (Å²) in [5.74, 6) is 1.69. The van der Waals surface area contributed by atoms with E-state index in [1.54, 1.807) is 18.4 Å². The Labute approximate surface area is 158 Å². The minimum atomic E-state index is 0. The fourth-order valence-electron chi connectivity index (χ4n) is 1.85. The zero-order valence-electron chi connectivity index (χ0n) is 13.8. The Kier molecular flexibility index (Phi) is 8.24. The third kappa shape index (κ3) is 6.30. The van der Waals surface area contributed by atoms with Gasteiger partial charge in [-0.05, 0) is 19.1 Å². The number of hydrogen-bond donors (Lipinski definition) is 2. The van der Waals surface area contributed by atoms with E-state index in [0.717, 1.165) is 22.5 Å². The van der Waals surface area contributed by atoms with E-state index < -0.39 is 0 Å². The number of pyridine rings is 1. The number of halogens is 1. The molecule has 2 heterocycles. The Hall–Kier alpha value is -1.42. The Bertz CT molecular complexity index is 640. The van der Waals surface area contributed by atoms with Gasteiger partial charge in [-0.3, -0.25) is 4.99 Å². The molecule has 2 aromatic rings. The molecule has 2 rings (SSSR count). The van der Waals surface area contributed by atoms with Crippen molar-refractivity contribution in [2.24, 2.45) is 4.99 Å². The second-order valence-electron chi connectivity index (χ2n) is 5.03. The highest BCUT2D eigenvalue weighted by Gasteiger charge is 2.03. The minimum absolute atomic E-state index is 0. The van der Waals surface area contributed by atoms with Gasteiger partial charge in [0.25, 0.3) is 0 Å². The number of guanidine groups is 1. The van der Waals surface area contributed by atoms with E-state index in [2.05, 4.69) is 32.5 Å². The molecule has 0 aliphatic heterocycles. The first kappa shape index (κ1) is 19.6. The van der Waals surface area contributed by atoms with Gasteiger partial charge in [-0.15, -0.1) is 35.3 Å². The summed E-state index contributed by atoms with van der Waals surface area (Å²) < 4.78 is 0. The summed E-state index contributed by atoms with van der Waals surface area (Å²) in [6.07, 6.45) is 1.88. The monoisotopic (exact) mass is 446 g/mol. The first-order valence-electron chi connectivity index (χ1n) is 7.07. The molecule has 2 N–H and O–H groups in total. The van der Waals surface area contributed by atoms with Crippen LogP contribution in [0.4, 0.5) is 5.82 Å². The summed E-state index contributed by atoms with van der Waals surface area (Å²) >= 11 is 1.69. The molecule has 0 bridgehead atoms. The van der Waals surface area contributed by atoms with Gasteiger partial charge in [0, 0.05) is 32.2 Å². The van der Waals surface area contributed by atoms with Crippen LogP contribution >= 0.6 is 35.3 Å². The third-order valence-electron chi connectivity index (χ3n) is 2.99. The van der Waals surface area contributed by atoms with Gasteiger partial charge in [0.1, 0.15) is 10.8 Å². The molecule has 0 aliphatic rings. The fourth-order valence-corrected chi connectivity index (χ4v) is 2.58. The van der Waals surface area contributed by atoms with Gasteiger partial charge in [0.05, 0.1) is 18.8 Å². The highest BCUT2D eigenvalue weighted by Crippen LogP contribution is 2.10. The van der Waals surface area contributed by atoms with Crippen LogP contribution in [0, 0.1) is 6.92 Å². The van der Waals surface area contributed by atoms with Crippen molar-refractivity contribution in [1.82, 2.24) is 20.6 Å². The predicted octanol–water partition coefficient (Wildman–Crippen LogP) is 2.40. The first-order valence-corrected chi connectivity index (χ1v) is 7.89. The van der Waals surface area contributed by atoms with Gasteiger partial charge in [0.15, 0.2) is 5.96 Å². The molecule has 0 aromatic carbocycles. The SMILES string of the molecule is CN=C(NCc1cccc(N(C)C)n1)NCc1ncc(C)s1.I. The van der Waals surface area contributed by atoms with Gasteiger partial charge in [0.2, 0.25) is 0 Å². The van der Waals surface area contributed by atoms with Crippen LogP contribution in [0.3, 0.4) is 0 Å². The molecule has 0 saturated carbocycles. The van der Waals surface area contributed by atoms with Crippen LogP contribution in [0.1, 0.15) is 15.6 Å². The molecule has 0 atom stereocenters. The zero-order valence-corrected chi connectivity index (χ0v) is 17.0. The largest absolute Gasteiger partial charge is 0.363 e. The zero-order chi connectivity index (χ0) is 15.9. The van der Waals surface area contributed by atoms with E-state index in [-0.39, 0.29) is 24.0 Å². The summed E-state index contributed by atoms with van der Waals surface area (Å²) in [6, 6.07) is 5.99. The lowest BCUT2D eigenvalue weighted by Crippen LogP contribution is -2.36. The predicted molar refractivity (Wildman–Crippen MR) is 108 cm³/mol. The number of thiazole rings is 1. The quantitative estimate of drug-likeness (QED) is 0.420. The number of rotatable bonds is 5. The number of anilines is 1. The van der Waals surface area contributed by atoms with Crippen LogP contribution in [0.2, 0.25) is 0 Å². The van der Waals surface area contributed by atoms with E-state index in [4.69, 9.17) is 0 Å². The number of aromatic nitrogens is 2. The van der Waals surface area contributed by atoms with Crippen LogP contribution in [0.15, 0.2) is 29.4 Å². The maximum atomic E-state index is 4.57. The average molecular weight is 446 g/mol. The number of aryl methyl sites for hydroxylation is 1. The highest BCUT2D eigenvalue weighted by atomic mass is 127. The van der Waals surface area contributed by atoms with Gasteiger partial charge < -0.3 is 15.5 Å². The molecule has 126 valence electrons. The van der Waals surface area contributed by atoms with E-state index >= 15 is 0 Å². The van der Waals surface area contributed by atoms with E-state index in [1.807, 2.05) is 43.4 Å². The number of nitrogens with one attached hydrogen (secondary N) is 2. The lowest BCUT2D eigenvalue weighted by Gasteiger charge is -2.14. The van der Waals surface area contributed by atoms with Crippen molar-refractivity contribution in [2.75, 3.05) is 26.0 Å². The molecule has 0 aliphatic carbocycles. The molecular weight excluding hydrogens is 423 g/mol. The Balaban J connectivity index is 0.00000264. The summed E-state index contributed by atoms with van der Waals surface area (Å²) in [6.45, 7) is 3.35. The summed E-state index contributed by atoms with van der Waals surface area (Å²) in [4.78, 5) is 16.3. The molecule has 0 amide bonds. The molecule has 0 fully saturated rings. The molecule has 2 aromatic heterocycles. The van der Waals surface area contributed by atoms with Crippen molar-refractivity contribution >= 4 is 47.1 Å². The van der Waals surface area contributed by atoms with Crippen LogP contribution < -0.4 is 15.5 Å². The number of nitrogens with zero attached hydrogens (tertiary/aromatic N) is 4. The molecule has 0 unspecified atom stereocenters. The van der Waals surface area contributed by atoms with Gasteiger partial charge in [-0.25, -0.2) is 9.97 Å². The number of hydrogen-bond acceptors (Lipinski definition) is 5. The molecule has 0 radical (unpaired) electrons.